The molecule has 0 heterocycles. The molecule has 0 saturated carbocycles. The van der Waals surface area contributed by atoms with E-state index in [0.717, 1.165) is 5.56 Å². The maximum absolute atomic E-state index is 12.8. The van der Waals surface area contributed by atoms with E-state index in [4.69, 9.17) is 4.74 Å². The second-order valence-corrected chi connectivity index (χ2v) is 5.62. The van der Waals surface area contributed by atoms with Crippen LogP contribution in [-0.2, 0) is 20.7 Å². The lowest BCUT2D eigenvalue weighted by Crippen LogP contribution is -2.30. The molecule has 144 valence electrons. The van der Waals surface area contributed by atoms with Crippen LogP contribution in [0.4, 0.5) is 18.9 Å². The van der Waals surface area contributed by atoms with E-state index in [1.807, 2.05) is 0 Å². The minimum Gasteiger partial charge on any atom is -0.453 e. The van der Waals surface area contributed by atoms with Crippen LogP contribution >= 0.6 is 0 Å². The summed E-state index contributed by atoms with van der Waals surface area (Å²) < 4.78 is 47.0. The standard InChI is InChI=1S/C19H18F3NO4/c1-12(26-17(24)11-8-13-6-9-14(20)10-7-13)18(25)23-15-4-2-3-5-16(15)27-19(21)22/h2-7,9-10,12,19H,8,11H2,1H3,(H,23,25)/t12-/m1/s1. The first-order chi connectivity index (χ1) is 12.8. The van der Waals surface area contributed by atoms with Crippen molar-refractivity contribution >= 4 is 17.6 Å². The molecular weight excluding hydrogens is 363 g/mol. The van der Waals surface area contributed by atoms with Crippen molar-refractivity contribution in [1.82, 2.24) is 0 Å². The van der Waals surface area contributed by atoms with Crippen LogP contribution in [0.1, 0.15) is 18.9 Å². The van der Waals surface area contributed by atoms with Gasteiger partial charge < -0.3 is 14.8 Å². The molecule has 1 N–H and O–H groups in total. The van der Waals surface area contributed by atoms with E-state index < -0.39 is 24.6 Å². The van der Waals surface area contributed by atoms with Crippen LogP contribution < -0.4 is 10.1 Å². The van der Waals surface area contributed by atoms with E-state index in [9.17, 15) is 22.8 Å². The number of carbonyl (C=O) groups is 2. The highest BCUT2D eigenvalue weighted by Crippen LogP contribution is 2.25. The van der Waals surface area contributed by atoms with Crippen molar-refractivity contribution in [3.05, 3.63) is 59.9 Å². The number of nitrogens with one attached hydrogen (secondary N) is 1. The highest BCUT2D eigenvalue weighted by molar-refractivity contribution is 5.96. The molecule has 0 aliphatic heterocycles. The SMILES string of the molecule is C[C@@H](OC(=O)CCc1ccc(F)cc1)C(=O)Nc1ccccc1OC(F)F. The number of para-hydroxylation sites is 2. The van der Waals surface area contributed by atoms with Crippen molar-refractivity contribution in [1.29, 1.82) is 0 Å². The molecule has 0 fully saturated rings. The van der Waals surface area contributed by atoms with Gasteiger partial charge in [-0.25, -0.2) is 4.39 Å². The second-order valence-electron chi connectivity index (χ2n) is 5.62. The average molecular weight is 381 g/mol. The highest BCUT2D eigenvalue weighted by Gasteiger charge is 2.20. The third-order valence-corrected chi connectivity index (χ3v) is 3.57. The van der Waals surface area contributed by atoms with E-state index >= 15 is 0 Å². The van der Waals surface area contributed by atoms with Gasteiger partial charge in [-0.05, 0) is 43.2 Å². The molecule has 5 nitrogen and oxygen atoms in total. The monoisotopic (exact) mass is 381 g/mol. The van der Waals surface area contributed by atoms with Crippen molar-refractivity contribution in [2.75, 3.05) is 5.32 Å². The molecule has 0 unspecified atom stereocenters. The molecule has 1 amide bonds. The molecule has 27 heavy (non-hydrogen) atoms. The number of halogens is 3. The van der Waals surface area contributed by atoms with Gasteiger partial charge in [0, 0.05) is 6.42 Å². The number of hydrogen-bond acceptors (Lipinski definition) is 4. The first-order valence-electron chi connectivity index (χ1n) is 8.14. The summed E-state index contributed by atoms with van der Waals surface area (Å²) in [7, 11) is 0. The van der Waals surface area contributed by atoms with Gasteiger partial charge in [-0.1, -0.05) is 24.3 Å². The number of esters is 1. The largest absolute Gasteiger partial charge is 0.453 e. The zero-order chi connectivity index (χ0) is 19.8. The van der Waals surface area contributed by atoms with Gasteiger partial charge >= 0.3 is 12.6 Å². The van der Waals surface area contributed by atoms with E-state index in [0.29, 0.717) is 6.42 Å². The minimum absolute atomic E-state index is 0.00827. The van der Waals surface area contributed by atoms with Crippen LogP contribution in [0.3, 0.4) is 0 Å². The van der Waals surface area contributed by atoms with Gasteiger partial charge in [0.1, 0.15) is 11.6 Å². The Labute approximate surface area is 154 Å². The summed E-state index contributed by atoms with van der Waals surface area (Å²) in [5, 5.41) is 2.38. The van der Waals surface area contributed by atoms with Crippen molar-refractivity contribution in [3.63, 3.8) is 0 Å². The van der Waals surface area contributed by atoms with Gasteiger partial charge in [0.2, 0.25) is 0 Å². The van der Waals surface area contributed by atoms with E-state index in [1.165, 1.54) is 43.3 Å². The van der Waals surface area contributed by atoms with E-state index in [2.05, 4.69) is 10.1 Å². The Morgan fingerprint density at radius 2 is 1.74 bits per heavy atom. The topological polar surface area (TPSA) is 64.6 Å². The molecule has 2 aromatic rings. The summed E-state index contributed by atoms with van der Waals surface area (Å²) in [5.41, 5.74) is 0.792. The van der Waals surface area contributed by atoms with Crippen molar-refractivity contribution < 1.29 is 32.2 Å². The summed E-state index contributed by atoms with van der Waals surface area (Å²) in [6.45, 7) is -1.67. The Kier molecular flexibility index (Phi) is 7.22. The van der Waals surface area contributed by atoms with Crippen LogP contribution in [0.2, 0.25) is 0 Å². The number of rotatable bonds is 8. The van der Waals surface area contributed by atoms with Gasteiger partial charge in [0.25, 0.3) is 5.91 Å². The third-order valence-electron chi connectivity index (χ3n) is 3.57. The number of carbonyl (C=O) groups excluding carboxylic acids is 2. The normalized spacial score (nSPS) is 11.7. The lowest BCUT2D eigenvalue weighted by Gasteiger charge is -2.15. The zero-order valence-electron chi connectivity index (χ0n) is 14.5. The Morgan fingerprint density at radius 3 is 2.41 bits per heavy atom. The summed E-state index contributed by atoms with van der Waals surface area (Å²) >= 11 is 0. The second kappa shape index (κ2) is 9.61. The van der Waals surface area contributed by atoms with E-state index in [1.54, 1.807) is 12.1 Å². The number of anilines is 1. The Hall–Kier alpha value is -3.03. The highest BCUT2D eigenvalue weighted by atomic mass is 19.3. The van der Waals surface area contributed by atoms with Gasteiger partial charge in [-0.15, -0.1) is 0 Å². The van der Waals surface area contributed by atoms with Crippen LogP contribution in [0.5, 0.6) is 5.75 Å². The zero-order valence-corrected chi connectivity index (χ0v) is 14.5. The fourth-order valence-corrected chi connectivity index (χ4v) is 2.21. The fourth-order valence-electron chi connectivity index (χ4n) is 2.21. The number of amides is 1. The molecule has 0 spiro atoms. The third kappa shape index (κ3) is 6.65. The van der Waals surface area contributed by atoms with E-state index in [-0.39, 0.29) is 23.7 Å². The average Bonchev–Trinajstić information content (AvgIpc) is 2.62. The first kappa shape index (κ1) is 20.3. The van der Waals surface area contributed by atoms with Gasteiger partial charge in [-0.2, -0.15) is 8.78 Å². The first-order valence-corrected chi connectivity index (χ1v) is 8.14. The number of hydrogen-bond donors (Lipinski definition) is 1. The summed E-state index contributed by atoms with van der Waals surface area (Å²) in [5.74, 6) is -1.87. The van der Waals surface area contributed by atoms with Gasteiger partial charge in [-0.3, -0.25) is 9.59 Å². The predicted molar refractivity (Wildman–Crippen MR) is 92.0 cm³/mol. The molecule has 0 bridgehead atoms. The molecule has 0 aromatic heterocycles. The Morgan fingerprint density at radius 1 is 1.07 bits per heavy atom. The Bertz CT molecular complexity index is 781. The molecule has 8 heteroatoms. The number of benzene rings is 2. The number of aryl methyl sites for hydroxylation is 1. The number of alkyl halides is 2. The van der Waals surface area contributed by atoms with Crippen LogP contribution in [0, 0.1) is 5.82 Å². The molecule has 2 aromatic carbocycles. The molecular formula is C19H18F3NO4. The maximum Gasteiger partial charge on any atom is 0.387 e. The minimum atomic E-state index is -3.04. The van der Waals surface area contributed by atoms with Crippen molar-refractivity contribution in [2.24, 2.45) is 0 Å². The fraction of sp³-hybridized carbons (Fsp3) is 0.263. The van der Waals surface area contributed by atoms with Crippen LogP contribution in [-0.4, -0.2) is 24.6 Å². The van der Waals surface area contributed by atoms with Crippen LogP contribution in [0.15, 0.2) is 48.5 Å². The van der Waals surface area contributed by atoms with Gasteiger partial charge in [0.05, 0.1) is 5.69 Å². The lowest BCUT2D eigenvalue weighted by atomic mass is 10.1. The quantitative estimate of drug-likeness (QED) is 0.704. The summed E-state index contributed by atoms with van der Waals surface area (Å²) in [4.78, 5) is 24.0. The Balaban J connectivity index is 1.86. The van der Waals surface area contributed by atoms with Gasteiger partial charge in [0.15, 0.2) is 6.10 Å². The molecule has 0 aliphatic carbocycles. The summed E-state index contributed by atoms with van der Waals surface area (Å²) in [6, 6.07) is 11.4. The molecule has 1 atom stereocenters. The molecule has 0 aliphatic rings. The van der Waals surface area contributed by atoms with Crippen molar-refractivity contribution in [2.45, 2.75) is 32.5 Å². The lowest BCUT2D eigenvalue weighted by molar-refractivity contribution is -0.153. The maximum atomic E-state index is 12.8. The molecule has 0 radical (unpaired) electrons. The molecule has 0 saturated heterocycles. The molecule has 2 rings (SSSR count). The van der Waals surface area contributed by atoms with Crippen LogP contribution in [0.25, 0.3) is 0 Å². The smallest absolute Gasteiger partial charge is 0.387 e. The predicted octanol–water partition coefficient (Wildman–Crippen LogP) is 3.93. The summed E-state index contributed by atoms with van der Waals surface area (Å²) in [6.07, 6.45) is -0.794. The number of ether oxygens (including phenoxy) is 2. The van der Waals surface area contributed by atoms with Crippen molar-refractivity contribution in [3.8, 4) is 5.75 Å².